The highest BCUT2D eigenvalue weighted by molar-refractivity contribution is 6.33. The van der Waals surface area contributed by atoms with Gasteiger partial charge in [-0.05, 0) is 12.8 Å². The molecule has 3 rings (SSSR count). The number of hydrogen-bond donors (Lipinski definition) is 0. The minimum Gasteiger partial charge on any atom is -0.491 e. The zero-order chi connectivity index (χ0) is 13.5. The number of nitrogens with zero attached hydrogens (tertiary/aromatic N) is 2. The van der Waals surface area contributed by atoms with Gasteiger partial charge in [-0.2, -0.15) is 0 Å². The van der Waals surface area contributed by atoms with E-state index in [1.54, 1.807) is 12.3 Å². The molecule has 2 heterocycles. The monoisotopic (exact) mass is 288 g/mol. The van der Waals surface area contributed by atoms with E-state index in [1.165, 1.54) is 0 Å². The Balaban J connectivity index is 1.62. The molecule has 6 heteroatoms. The Kier molecular flexibility index (Phi) is 3.25. The fourth-order valence-corrected chi connectivity index (χ4v) is 2.58. The third kappa shape index (κ3) is 2.76. The molecule has 1 saturated carbocycles. The minimum atomic E-state index is -2.55. The number of halogens is 3. The van der Waals surface area contributed by atoms with Gasteiger partial charge in [0, 0.05) is 25.6 Å². The van der Waals surface area contributed by atoms with Crippen LogP contribution in [0, 0.1) is 5.92 Å². The van der Waals surface area contributed by atoms with Crippen LogP contribution in [0.15, 0.2) is 12.3 Å². The molecule has 0 spiro atoms. The van der Waals surface area contributed by atoms with Crippen LogP contribution in [0.4, 0.5) is 14.6 Å². The summed E-state index contributed by atoms with van der Waals surface area (Å²) in [5.41, 5.74) is 0. The quantitative estimate of drug-likeness (QED) is 0.849. The number of pyridine rings is 1. The smallest absolute Gasteiger partial charge is 0.255 e. The summed E-state index contributed by atoms with van der Waals surface area (Å²) in [5.74, 6) is -2.00. The Morgan fingerprint density at radius 2 is 2.11 bits per heavy atom. The van der Waals surface area contributed by atoms with Crippen LogP contribution in [0.25, 0.3) is 0 Å². The number of aromatic nitrogens is 1. The number of alkyl halides is 2. The van der Waals surface area contributed by atoms with Gasteiger partial charge in [0.1, 0.15) is 11.6 Å². The summed E-state index contributed by atoms with van der Waals surface area (Å²) in [5, 5.41) is 0.516. The first-order valence-electron chi connectivity index (χ1n) is 6.47. The average Bonchev–Trinajstić information content (AvgIpc) is 2.80. The maximum Gasteiger partial charge on any atom is 0.255 e. The van der Waals surface area contributed by atoms with Gasteiger partial charge in [0.05, 0.1) is 23.7 Å². The third-order valence-corrected chi connectivity index (χ3v) is 3.89. The zero-order valence-electron chi connectivity index (χ0n) is 10.4. The van der Waals surface area contributed by atoms with Crippen molar-refractivity contribution in [3.63, 3.8) is 0 Å². The summed E-state index contributed by atoms with van der Waals surface area (Å²) in [7, 11) is 0. The highest BCUT2D eigenvalue weighted by atomic mass is 35.5. The van der Waals surface area contributed by atoms with Crippen LogP contribution < -0.4 is 9.64 Å². The Bertz CT molecular complexity index is 478. The Morgan fingerprint density at radius 3 is 2.68 bits per heavy atom. The van der Waals surface area contributed by atoms with Crippen molar-refractivity contribution in [1.82, 2.24) is 4.98 Å². The molecule has 0 N–H and O–H groups in total. The number of hydrogen-bond acceptors (Lipinski definition) is 3. The van der Waals surface area contributed by atoms with Crippen LogP contribution in [-0.2, 0) is 0 Å². The molecule has 1 atom stereocenters. The van der Waals surface area contributed by atoms with Crippen molar-refractivity contribution in [3.05, 3.63) is 17.3 Å². The molecular formula is C13H15ClF2N2O. The van der Waals surface area contributed by atoms with Crippen molar-refractivity contribution in [1.29, 1.82) is 0 Å². The van der Waals surface area contributed by atoms with Crippen LogP contribution in [0.5, 0.6) is 5.75 Å². The van der Waals surface area contributed by atoms with Gasteiger partial charge >= 0.3 is 0 Å². The summed E-state index contributed by atoms with van der Waals surface area (Å²) in [6.45, 7) is 1.94. The highest BCUT2D eigenvalue weighted by Gasteiger charge is 2.57. The second-order valence-electron chi connectivity index (χ2n) is 5.14. The molecule has 19 heavy (non-hydrogen) atoms. The second kappa shape index (κ2) is 4.78. The van der Waals surface area contributed by atoms with E-state index < -0.39 is 11.8 Å². The minimum absolute atomic E-state index is 0.0219. The summed E-state index contributed by atoms with van der Waals surface area (Å²) in [4.78, 5) is 6.40. The van der Waals surface area contributed by atoms with Gasteiger partial charge in [0.15, 0.2) is 0 Å². The van der Waals surface area contributed by atoms with Crippen molar-refractivity contribution < 1.29 is 13.5 Å². The largest absolute Gasteiger partial charge is 0.491 e. The molecule has 1 saturated heterocycles. The summed E-state index contributed by atoms with van der Waals surface area (Å²) < 4.78 is 30.8. The maximum absolute atomic E-state index is 12.7. The summed E-state index contributed by atoms with van der Waals surface area (Å²) >= 11 is 6.16. The van der Waals surface area contributed by atoms with E-state index in [0.717, 1.165) is 31.7 Å². The van der Waals surface area contributed by atoms with Gasteiger partial charge in [0.2, 0.25) is 0 Å². The lowest BCUT2D eigenvalue weighted by Crippen LogP contribution is -2.19. The third-order valence-electron chi connectivity index (χ3n) is 3.61. The van der Waals surface area contributed by atoms with Crippen LogP contribution in [0.3, 0.4) is 0 Å². The van der Waals surface area contributed by atoms with Crippen molar-refractivity contribution >= 4 is 17.4 Å². The first-order chi connectivity index (χ1) is 9.06. The maximum atomic E-state index is 12.7. The van der Waals surface area contributed by atoms with Gasteiger partial charge in [-0.3, -0.25) is 0 Å². The SMILES string of the molecule is FC1(F)CC1COc1cnc(N2CCCC2)c(Cl)c1. The van der Waals surface area contributed by atoms with Gasteiger partial charge in [-0.25, -0.2) is 13.8 Å². The standard InChI is InChI=1S/C13H15ClF2N2O/c14-11-5-10(19-8-9-6-13(9,15)16)7-17-12(11)18-3-1-2-4-18/h5,7,9H,1-4,6,8H2. The van der Waals surface area contributed by atoms with Crippen LogP contribution in [0.1, 0.15) is 19.3 Å². The lowest BCUT2D eigenvalue weighted by molar-refractivity contribution is 0.0855. The molecule has 1 aromatic rings. The number of ether oxygens (including phenoxy) is 1. The van der Waals surface area contributed by atoms with Crippen molar-refractivity contribution in [3.8, 4) is 5.75 Å². The van der Waals surface area contributed by atoms with Gasteiger partial charge in [-0.1, -0.05) is 11.6 Å². The van der Waals surface area contributed by atoms with Crippen molar-refractivity contribution in [2.75, 3.05) is 24.6 Å². The fourth-order valence-electron chi connectivity index (χ4n) is 2.30. The van der Waals surface area contributed by atoms with E-state index in [-0.39, 0.29) is 13.0 Å². The van der Waals surface area contributed by atoms with Crippen LogP contribution in [0.2, 0.25) is 5.02 Å². The molecule has 3 nitrogen and oxygen atoms in total. The molecule has 0 bridgehead atoms. The molecule has 1 aliphatic heterocycles. The van der Waals surface area contributed by atoms with E-state index in [0.29, 0.717) is 10.8 Å². The molecule has 104 valence electrons. The fraction of sp³-hybridized carbons (Fsp3) is 0.615. The zero-order valence-corrected chi connectivity index (χ0v) is 11.2. The molecule has 1 unspecified atom stereocenters. The Hall–Kier alpha value is -1.10. The molecule has 0 radical (unpaired) electrons. The van der Waals surface area contributed by atoms with E-state index in [9.17, 15) is 8.78 Å². The van der Waals surface area contributed by atoms with Crippen LogP contribution in [-0.4, -0.2) is 30.6 Å². The molecule has 2 fully saturated rings. The molecule has 0 aromatic carbocycles. The Labute approximate surface area is 115 Å². The predicted molar refractivity (Wildman–Crippen MR) is 69.2 cm³/mol. The topological polar surface area (TPSA) is 25.4 Å². The molecule has 1 aliphatic carbocycles. The normalized spacial score (nSPS) is 24.6. The number of anilines is 1. The summed E-state index contributed by atoms with van der Waals surface area (Å²) in [6.07, 6.45) is 3.76. The highest BCUT2D eigenvalue weighted by Crippen LogP contribution is 2.48. The van der Waals surface area contributed by atoms with E-state index >= 15 is 0 Å². The van der Waals surface area contributed by atoms with Crippen molar-refractivity contribution in [2.45, 2.75) is 25.2 Å². The lowest BCUT2D eigenvalue weighted by Gasteiger charge is -2.18. The van der Waals surface area contributed by atoms with E-state index in [1.807, 2.05) is 0 Å². The molecule has 2 aliphatic rings. The van der Waals surface area contributed by atoms with Gasteiger partial charge in [-0.15, -0.1) is 0 Å². The first-order valence-corrected chi connectivity index (χ1v) is 6.85. The predicted octanol–water partition coefficient (Wildman–Crippen LogP) is 3.37. The van der Waals surface area contributed by atoms with Gasteiger partial charge in [0.25, 0.3) is 5.92 Å². The Morgan fingerprint density at radius 1 is 1.42 bits per heavy atom. The van der Waals surface area contributed by atoms with E-state index in [4.69, 9.17) is 16.3 Å². The second-order valence-corrected chi connectivity index (χ2v) is 5.55. The van der Waals surface area contributed by atoms with Gasteiger partial charge < -0.3 is 9.64 Å². The molecule has 1 aromatic heterocycles. The van der Waals surface area contributed by atoms with E-state index in [2.05, 4.69) is 9.88 Å². The van der Waals surface area contributed by atoms with Crippen LogP contribution >= 0.6 is 11.6 Å². The molecule has 0 amide bonds. The number of rotatable bonds is 4. The molecular weight excluding hydrogens is 274 g/mol. The van der Waals surface area contributed by atoms with Crippen molar-refractivity contribution in [2.24, 2.45) is 5.92 Å². The lowest BCUT2D eigenvalue weighted by atomic mass is 10.4. The average molecular weight is 289 g/mol. The summed E-state index contributed by atoms with van der Waals surface area (Å²) in [6, 6.07) is 1.66. The first kappa shape index (κ1) is 12.9.